The highest BCUT2D eigenvalue weighted by Crippen LogP contribution is 2.27. The standard InChI is InChI=1S/C30H37N3O4S/c1-5-19-31-30(35)27(6-2)32(21-25-15-12-13-23(3)20-25)29(34)22-33(28-18-11-10-14-24(28)4)38(36,37)26-16-8-7-9-17-26/h7-18,20,27H,5-6,19,21-22H2,1-4H3,(H,31,35)/t27-/m0/s1. The molecule has 1 atom stereocenters. The summed E-state index contributed by atoms with van der Waals surface area (Å²) in [4.78, 5) is 28.7. The molecule has 0 bridgehead atoms. The number of carbonyl (C=O) groups is 2. The zero-order valence-corrected chi connectivity index (χ0v) is 23.4. The van der Waals surface area contributed by atoms with Gasteiger partial charge in [-0.3, -0.25) is 13.9 Å². The fourth-order valence-corrected chi connectivity index (χ4v) is 5.87. The van der Waals surface area contributed by atoms with Crippen LogP contribution in [0.4, 0.5) is 5.69 Å². The molecule has 1 N–H and O–H groups in total. The lowest BCUT2D eigenvalue weighted by Crippen LogP contribution is -2.52. The van der Waals surface area contributed by atoms with E-state index in [1.54, 1.807) is 30.3 Å². The Hall–Kier alpha value is -3.65. The van der Waals surface area contributed by atoms with E-state index in [1.165, 1.54) is 17.0 Å². The van der Waals surface area contributed by atoms with Gasteiger partial charge >= 0.3 is 0 Å². The van der Waals surface area contributed by atoms with Crippen LogP contribution >= 0.6 is 0 Å². The minimum atomic E-state index is -4.07. The van der Waals surface area contributed by atoms with Crippen LogP contribution in [0.25, 0.3) is 0 Å². The van der Waals surface area contributed by atoms with Crippen LogP contribution in [0.2, 0.25) is 0 Å². The number of nitrogens with one attached hydrogen (secondary N) is 1. The first kappa shape index (κ1) is 28.9. The number of para-hydroxylation sites is 1. The third-order valence-corrected chi connectivity index (χ3v) is 8.14. The normalized spacial score (nSPS) is 12.0. The molecule has 0 aromatic heterocycles. The number of hydrogen-bond acceptors (Lipinski definition) is 4. The maximum atomic E-state index is 14.0. The topological polar surface area (TPSA) is 86.8 Å². The predicted molar refractivity (Wildman–Crippen MR) is 151 cm³/mol. The molecule has 0 saturated carbocycles. The number of aryl methyl sites for hydroxylation is 2. The van der Waals surface area contributed by atoms with Crippen molar-refractivity contribution in [2.24, 2.45) is 0 Å². The third kappa shape index (κ3) is 7.01. The molecule has 0 spiro atoms. The molecule has 2 amide bonds. The average molecular weight is 536 g/mol. The molecule has 8 heteroatoms. The average Bonchev–Trinajstić information content (AvgIpc) is 2.91. The van der Waals surface area contributed by atoms with Crippen molar-refractivity contribution in [3.05, 3.63) is 95.6 Å². The molecule has 3 aromatic rings. The summed E-state index contributed by atoms with van der Waals surface area (Å²) in [7, 11) is -4.07. The SMILES string of the molecule is CCCNC(=O)[C@H](CC)N(Cc1cccc(C)c1)C(=O)CN(c1ccccc1C)S(=O)(=O)c1ccccc1. The van der Waals surface area contributed by atoms with Gasteiger partial charge in [-0.15, -0.1) is 0 Å². The smallest absolute Gasteiger partial charge is 0.264 e. The largest absolute Gasteiger partial charge is 0.354 e. The van der Waals surface area contributed by atoms with Gasteiger partial charge in [0.1, 0.15) is 12.6 Å². The van der Waals surface area contributed by atoms with Crippen molar-refractivity contribution in [1.29, 1.82) is 0 Å². The second kappa shape index (κ2) is 13.2. The Balaban J connectivity index is 2.05. The van der Waals surface area contributed by atoms with E-state index in [4.69, 9.17) is 0 Å². The number of carbonyl (C=O) groups excluding carboxylic acids is 2. The summed E-state index contributed by atoms with van der Waals surface area (Å²) in [5.74, 6) is -0.698. The van der Waals surface area contributed by atoms with E-state index in [1.807, 2.05) is 64.1 Å². The number of benzene rings is 3. The van der Waals surface area contributed by atoms with Crippen molar-refractivity contribution < 1.29 is 18.0 Å². The Bertz CT molecular complexity index is 1340. The van der Waals surface area contributed by atoms with Gasteiger partial charge in [0.2, 0.25) is 11.8 Å². The molecule has 0 fully saturated rings. The maximum Gasteiger partial charge on any atom is 0.264 e. The van der Waals surface area contributed by atoms with Crippen molar-refractivity contribution in [2.75, 3.05) is 17.4 Å². The van der Waals surface area contributed by atoms with Crippen molar-refractivity contribution in [1.82, 2.24) is 10.2 Å². The predicted octanol–water partition coefficient (Wildman–Crippen LogP) is 4.83. The summed E-state index contributed by atoms with van der Waals surface area (Å²) in [5, 5.41) is 2.90. The van der Waals surface area contributed by atoms with E-state index < -0.39 is 28.5 Å². The van der Waals surface area contributed by atoms with Crippen LogP contribution in [-0.2, 0) is 26.2 Å². The number of anilines is 1. The quantitative estimate of drug-likeness (QED) is 0.360. The van der Waals surface area contributed by atoms with Crippen molar-refractivity contribution in [3.63, 3.8) is 0 Å². The van der Waals surface area contributed by atoms with Gasteiger partial charge in [-0.25, -0.2) is 8.42 Å². The first-order valence-electron chi connectivity index (χ1n) is 12.9. The lowest BCUT2D eigenvalue weighted by Gasteiger charge is -2.33. The molecule has 3 aromatic carbocycles. The maximum absolute atomic E-state index is 14.0. The lowest BCUT2D eigenvalue weighted by atomic mass is 10.1. The Labute approximate surface area is 226 Å². The molecular formula is C30H37N3O4S. The monoisotopic (exact) mass is 535 g/mol. The van der Waals surface area contributed by atoms with Crippen molar-refractivity contribution >= 4 is 27.5 Å². The highest BCUT2D eigenvalue weighted by molar-refractivity contribution is 7.92. The van der Waals surface area contributed by atoms with Gasteiger partial charge in [-0.05, 0) is 56.0 Å². The fourth-order valence-electron chi connectivity index (χ4n) is 4.37. The molecule has 38 heavy (non-hydrogen) atoms. The highest BCUT2D eigenvalue weighted by Gasteiger charge is 2.34. The second-order valence-corrected chi connectivity index (χ2v) is 11.2. The molecule has 0 unspecified atom stereocenters. The number of sulfonamides is 1. The summed E-state index contributed by atoms with van der Waals surface area (Å²) in [6, 6.07) is 22.2. The van der Waals surface area contributed by atoms with Crippen LogP contribution in [0.5, 0.6) is 0 Å². The Morgan fingerprint density at radius 3 is 2.21 bits per heavy atom. The van der Waals surface area contributed by atoms with Crippen molar-refractivity contribution in [2.45, 2.75) is 58.0 Å². The number of hydrogen-bond donors (Lipinski definition) is 1. The summed E-state index contributed by atoms with van der Waals surface area (Å²) in [6.07, 6.45) is 1.16. The van der Waals surface area contributed by atoms with E-state index in [2.05, 4.69) is 5.32 Å². The van der Waals surface area contributed by atoms with Crippen LogP contribution in [0.3, 0.4) is 0 Å². The van der Waals surface area contributed by atoms with Crippen LogP contribution < -0.4 is 9.62 Å². The van der Waals surface area contributed by atoms with Gasteiger partial charge in [-0.2, -0.15) is 0 Å². The van der Waals surface area contributed by atoms with E-state index in [0.717, 1.165) is 27.4 Å². The van der Waals surface area contributed by atoms with E-state index >= 15 is 0 Å². The zero-order chi connectivity index (χ0) is 27.7. The van der Waals surface area contributed by atoms with Crippen molar-refractivity contribution in [3.8, 4) is 0 Å². The molecule has 3 rings (SSSR count). The minimum Gasteiger partial charge on any atom is -0.354 e. The molecule has 0 saturated heterocycles. The third-order valence-electron chi connectivity index (χ3n) is 6.36. The first-order valence-corrected chi connectivity index (χ1v) is 14.4. The molecule has 0 aliphatic rings. The number of nitrogens with zero attached hydrogens (tertiary/aromatic N) is 2. The Morgan fingerprint density at radius 1 is 0.895 bits per heavy atom. The van der Waals surface area contributed by atoms with Crippen LogP contribution in [0.1, 0.15) is 43.4 Å². The van der Waals surface area contributed by atoms with Crippen LogP contribution in [0, 0.1) is 13.8 Å². The van der Waals surface area contributed by atoms with Gasteiger partial charge in [0, 0.05) is 13.1 Å². The van der Waals surface area contributed by atoms with Gasteiger partial charge < -0.3 is 10.2 Å². The highest BCUT2D eigenvalue weighted by atomic mass is 32.2. The van der Waals surface area contributed by atoms with E-state index in [0.29, 0.717) is 18.7 Å². The molecule has 0 aliphatic heterocycles. The van der Waals surface area contributed by atoms with Gasteiger partial charge in [-0.1, -0.05) is 80.1 Å². The molecule has 0 aliphatic carbocycles. The Morgan fingerprint density at radius 2 is 1.58 bits per heavy atom. The molecule has 0 heterocycles. The molecule has 202 valence electrons. The van der Waals surface area contributed by atoms with Gasteiger partial charge in [0.05, 0.1) is 10.6 Å². The fraction of sp³-hybridized carbons (Fsp3) is 0.333. The molecule has 7 nitrogen and oxygen atoms in total. The Kier molecular flexibility index (Phi) is 10.1. The second-order valence-electron chi connectivity index (χ2n) is 9.34. The van der Waals surface area contributed by atoms with E-state index in [-0.39, 0.29) is 17.3 Å². The summed E-state index contributed by atoms with van der Waals surface area (Å²) < 4.78 is 28.8. The summed E-state index contributed by atoms with van der Waals surface area (Å²) in [6.45, 7) is 7.84. The van der Waals surface area contributed by atoms with Crippen LogP contribution in [0.15, 0.2) is 83.8 Å². The summed E-state index contributed by atoms with van der Waals surface area (Å²) >= 11 is 0. The number of rotatable bonds is 12. The lowest BCUT2D eigenvalue weighted by molar-refractivity contribution is -0.140. The van der Waals surface area contributed by atoms with Gasteiger partial charge in [0.25, 0.3) is 10.0 Å². The zero-order valence-electron chi connectivity index (χ0n) is 22.6. The van der Waals surface area contributed by atoms with Gasteiger partial charge in [0.15, 0.2) is 0 Å². The summed E-state index contributed by atoms with van der Waals surface area (Å²) in [5.41, 5.74) is 3.04. The molecular weight excluding hydrogens is 498 g/mol. The number of amides is 2. The molecule has 0 radical (unpaired) electrons. The van der Waals surface area contributed by atoms with Crippen LogP contribution in [-0.4, -0.2) is 44.3 Å². The van der Waals surface area contributed by atoms with E-state index in [9.17, 15) is 18.0 Å². The first-order chi connectivity index (χ1) is 18.2. The minimum absolute atomic E-state index is 0.0917.